The van der Waals surface area contributed by atoms with E-state index in [-0.39, 0.29) is 0 Å². The van der Waals surface area contributed by atoms with Crippen LogP contribution in [0.2, 0.25) is 0 Å². The van der Waals surface area contributed by atoms with Gasteiger partial charge in [-0.25, -0.2) is 4.79 Å². The predicted octanol–water partition coefficient (Wildman–Crippen LogP) is 0.796. The summed E-state index contributed by atoms with van der Waals surface area (Å²) in [5, 5.41) is 10.1. The minimum absolute atomic E-state index is 0.342. The van der Waals surface area contributed by atoms with Crippen LogP contribution in [0.25, 0.3) is 0 Å². The first kappa shape index (κ1) is 12.1. The monoisotopic (exact) mass is 235 g/mol. The number of nitrogens with zero attached hydrogens (tertiary/aromatic N) is 1. The first-order valence-corrected chi connectivity index (χ1v) is 5.71. The van der Waals surface area contributed by atoms with Gasteiger partial charge in [0.05, 0.1) is 7.11 Å². The quantitative estimate of drug-likeness (QED) is 0.787. The van der Waals surface area contributed by atoms with Gasteiger partial charge in [-0.3, -0.25) is 4.90 Å². The number of β-amino-alcohol motifs (C(OH)–C–C–N with tert-alkyl or cyclic N) is 1. The molecule has 17 heavy (non-hydrogen) atoms. The van der Waals surface area contributed by atoms with Gasteiger partial charge < -0.3 is 9.84 Å². The Morgan fingerprint density at radius 3 is 2.82 bits per heavy atom. The molecule has 1 aliphatic heterocycles. The van der Waals surface area contributed by atoms with Crippen molar-refractivity contribution in [1.82, 2.24) is 4.90 Å². The minimum atomic E-state index is -1.33. The number of rotatable bonds is 3. The summed E-state index contributed by atoms with van der Waals surface area (Å²) in [6.07, 6.45) is 0.437. The Morgan fingerprint density at radius 1 is 1.47 bits per heavy atom. The third-order valence-electron chi connectivity index (χ3n) is 3.14. The molecule has 1 fully saturated rings. The van der Waals surface area contributed by atoms with Crippen molar-refractivity contribution in [2.75, 3.05) is 20.2 Å². The molecule has 1 heterocycles. The van der Waals surface area contributed by atoms with Crippen LogP contribution in [0, 0.1) is 0 Å². The van der Waals surface area contributed by atoms with E-state index in [2.05, 4.69) is 9.64 Å². The second-order valence-electron chi connectivity index (χ2n) is 4.47. The molecule has 1 aromatic carbocycles. The van der Waals surface area contributed by atoms with Crippen LogP contribution in [0.1, 0.15) is 12.0 Å². The molecule has 4 nitrogen and oxygen atoms in total. The number of hydrogen-bond acceptors (Lipinski definition) is 4. The van der Waals surface area contributed by atoms with E-state index in [0.29, 0.717) is 19.5 Å². The maximum Gasteiger partial charge on any atom is 0.339 e. The van der Waals surface area contributed by atoms with Crippen molar-refractivity contribution < 1.29 is 14.6 Å². The van der Waals surface area contributed by atoms with E-state index < -0.39 is 11.6 Å². The molecule has 0 aliphatic carbocycles. The van der Waals surface area contributed by atoms with E-state index >= 15 is 0 Å². The smallest absolute Gasteiger partial charge is 0.339 e. The summed E-state index contributed by atoms with van der Waals surface area (Å²) in [7, 11) is 1.31. The van der Waals surface area contributed by atoms with Gasteiger partial charge in [0.2, 0.25) is 0 Å². The number of aliphatic hydroxyl groups is 1. The van der Waals surface area contributed by atoms with Crippen molar-refractivity contribution in [2.45, 2.75) is 18.6 Å². The Morgan fingerprint density at radius 2 is 2.18 bits per heavy atom. The normalized spacial score (nSPS) is 24.8. The molecular weight excluding hydrogens is 218 g/mol. The Balaban J connectivity index is 1.97. The summed E-state index contributed by atoms with van der Waals surface area (Å²) in [5.41, 5.74) is -0.148. The average molecular weight is 235 g/mol. The van der Waals surface area contributed by atoms with Crippen LogP contribution in [0.4, 0.5) is 0 Å². The van der Waals surface area contributed by atoms with Crippen LogP contribution in [0.3, 0.4) is 0 Å². The lowest BCUT2D eigenvalue weighted by Gasteiger charge is -2.20. The minimum Gasteiger partial charge on any atom is -0.467 e. The van der Waals surface area contributed by atoms with E-state index in [9.17, 15) is 9.90 Å². The summed E-state index contributed by atoms with van der Waals surface area (Å²) in [5.74, 6) is -0.534. The number of carbonyl (C=O) groups excluding carboxylic acids is 1. The van der Waals surface area contributed by atoms with Crippen molar-refractivity contribution in [3.63, 3.8) is 0 Å². The highest BCUT2D eigenvalue weighted by Gasteiger charge is 2.43. The molecule has 4 heteroatoms. The standard InChI is InChI=1S/C13H17NO3/c1-17-12(15)13(16)7-8-14(10-13)9-11-5-3-2-4-6-11/h2-6,16H,7-10H2,1H3/t13-/m0/s1. The third kappa shape index (κ3) is 2.65. The zero-order chi connectivity index (χ0) is 12.3. The van der Waals surface area contributed by atoms with Crippen molar-refractivity contribution in [3.05, 3.63) is 35.9 Å². The topological polar surface area (TPSA) is 49.8 Å². The summed E-state index contributed by atoms with van der Waals surface area (Å²) in [4.78, 5) is 13.5. The number of methoxy groups -OCH3 is 1. The largest absolute Gasteiger partial charge is 0.467 e. The molecule has 0 radical (unpaired) electrons. The fraction of sp³-hybridized carbons (Fsp3) is 0.462. The van der Waals surface area contributed by atoms with Crippen LogP contribution in [0.15, 0.2) is 30.3 Å². The lowest BCUT2D eigenvalue weighted by Crippen LogP contribution is -2.42. The van der Waals surface area contributed by atoms with Crippen molar-refractivity contribution in [1.29, 1.82) is 0 Å². The second-order valence-corrected chi connectivity index (χ2v) is 4.47. The number of esters is 1. The molecule has 1 atom stereocenters. The van der Waals surface area contributed by atoms with Crippen LogP contribution in [-0.4, -0.2) is 41.8 Å². The highest BCUT2D eigenvalue weighted by molar-refractivity contribution is 5.79. The molecule has 1 N–H and O–H groups in total. The van der Waals surface area contributed by atoms with E-state index in [1.54, 1.807) is 0 Å². The summed E-state index contributed by atoms with van der Waals surface area (Å²) >= 11 is 0. The third-order valence-corrected chi connectivity index (χ3v) is 3.14. The fourth-order valence-electron chi connectivity index (χ4n) is 2.20. The maximum absolute atomic E-state index is 11.4. The highest BCUT2D eigenvalue weighted by Crippen LogP contribution is 2.23. The lowest BCUT2D eigenvalue weighted by molar-refractivity contribution is -0.160. The molecule has 0 spiro atoms. The number of likely N-dealkylation sites (tertiary alicyclic amines) is 1. The highest BCUT2D eigenvalue weighted by atomic mass is 16.5. The average Bonchev–Trinajstić information content (AvgIpc) is 2.72. The number of ether oxygens (including phenoxy) is 1. The SMILES string of the molecule is COC(=O)[C@]1(O)CCN(Cc2ccccc2)C1. The van der Waals surface area contributed by atoms with Crippen molar-refractivity contribution in [2.24, 2.45) is 0 Å². The molecule has 1 aromatic rings. The Labute approximate surface area is 101 Å². The fourth-order valence-corrected chi connectivity index (χ4v) is 2.20. The zero-order valence-corrected chi connectivity index (χ0v) is 9.93. The number of benzene rings is 1. The number of carbonyl (C=O) groups is 1. The van der Waals surface area contributed by atoms with Gasteiger partial charge in [-0.05, 0) is 5.56 Å². The van der Waals surface area contributed by atoms with Crippen LogP contribution in [-0.2, 0) is 16.1 Å². The maximum atomic E-state index is 11.4. The summed E-state index contributed by atoms with van der Waals surface area (Å²) in [6.45, 7) is 1.80. The van der Waals surface area contributed by atoms with Crippen LogP contribution < -0.4 is 0 Å². The molecule has 0 unspecified atom stereocenters. The molecule has 2 rings (SSSR count). The summed E-state index contributed by atoms with van der Waals surface area (Å²) < 4.78 is 4.62. The van der Waals surface area contributed by atoms with Gasteiger partial charge >= 0.3 is 5.97 Å². The molecule has 92 valence electrons. The lowest BCUT2D eigenvalue weighted by atomic mass is 10.0. The Bertz CT molecular complexity index is 393. The van der Waals surface area contributed by atoms with E-state index in [1.165, 1.54) is 12.7 Å². The van der Waals surface area contributed by atoms with E-state index in [0.717, 1.165) is 6.54 Å². The molecule has 0 bridgehead atoms. The van der Waals surface area contributed by atoms with Gasteiger partial charge in [-0.15, -0.1) is 0 Å². The van der Waals surface area contributed by atoms with Crippen LogP contribution >= 0.6 is 0 Å². The Hall–Kier alpha value is -1.39. The molecule has 1 saturated heterocycles. The second kappa shape index (κ2) is 4.85. The predicted molar refractivity (Wildman–Crippen MR) is 63.3 cm³/mol. The van der Waals surface area contributed by atoms with E-state index in [1.807, 2.05) is 30.3 Å². The van der Waals surface area contributed by atoms with E-state index in [4.69, 9.17) is 0 Å². The zero-order valence-electron chi connectivity index (χ0n) is 9.93. The molecular formula is C13H17NO3. The van der Waals surface area contributed by atoms with Gasteiger partial charge in [0, 0.05) is 26.1 Å². The molecule has 1 aliphatic rings. The van der Waals surface area contributed by atoms with Gasteiger partial charge in [0.15, 0.2) is 5.60 Å². The molecule has 0 aromatic heterocycles. The van der Waals surface area contributed by atoms with Crippen molar-refractivity contribution >= 4 is 5.97 Å². The van der Waals surface area contributed by atoms with Gasteiger partial charge in [0.25, 0.3) is 0 Å². The first-order chi connectivity index (χ1) is 8.14. The Kier molecular flexibility index (Phi) is 3.45. The number of hydrogen-bond donors (Lipinski definition) is 1. The van der Waals surface area contributed by atoms with Gasteiger partial charge in [-0.1, -0.05) is 30.3 Å². The van der Waals surface area contributed by atoms with Gasteiger partial charge in [0.1, 0.15) is 0 Å². The first-order valence-electron chi connectivity index (χ1n) is 5.71. The molecule has 0 saturated carbocycles. The van der Waals surface area contributed by atoms with Gasteiger partial charge in [-0.2, -0.15) is 0 Å². The van der Waals surface area contributed by atoms with Crippen molar-refractivity contribution in [3.8, 4) is 0 Å². The molecule has 0 amide bonds. The summed E-state index contributed by atoms with van der Waals surface area (Å²) in [6, 6.07) is 10.0. The van der Waals surface area contributed by atoms with Crippen LogP contribution in [0.5, 0.6) is 0 Å².